The molecule has 1 amide bonds. The molecule has 2 rings (SSSR count). The van der Waals surface area contributed by atoms with Crippen LogP contribution in [-0.4, -0.2) is 45.5 Å². The maximum Gasteiger partial charge on any atom is 0.416 e. The Morgan fingerprint density at radius 3 is 2.32 bits per heavy atom. The fourth-order valence-electron chi connectivity index (χ4n) is 2.54. The van der Waals surface area contributed by atoms with Crippen LogP contribution in [0.15, 0.2) is 59.5 Å². The molecule has 2 aromatic rings. The molecular weight excluding hydrogens is 453 g/mol. The number of nitrogens with one attached hydrogen (secondary N) is 2. The topological polar surface area (TPSA) is 84.5 Å². The van der Waals surface area contributed by atoms with Crippen LogP contribution < -0.4 is 14.8 Å². The van der Waals surface area contributed by atoms with Gasteiger partial charge in [0.25, 0.3) is 0 Å². The van der Waals surface area contributed by atoms with E-state index in [0.29, 0.717) is 12.2 Å². The minimum absolute atomic E-state index is 0.0117. The summed E-state index contributed by atoms with van der Waals surface area (Å²) in [7, 11) is -3.87. The molecule has 0 aromatic heterocycles. The number of benzene rings is 2. The Labute approximate surface area is 183 Å². The maximum atomic E-state index is 12.6. The number of hydrogen-bond donors (Lipinski definition) is 2. The largest absolute Gasteiger partial charge is 0.492 e. The Kier molecular flexibility index (Phi) is 9.20. The number of rotatable bonds is 11. The van der Waals surface area contributed by atoms with E-state index in [1.165, 1.54) is 36.0 Å². The molecule has 31 heavy (non-hydrogen) atoms. The van der Waals surface area contributed by atoms with Crippen molar-refractivity contribution in [2.45, 2.75) is 23.5 Å². The van der Waals surface area contributed by atoms with Gasteiger partial charge in [-0.15, -0.1) is 0 Å². The van der Waals surface area contributed by atoms with Crippen molar-refractivity contribution in [1.29, 1.82) is 0 Å². The molecule has 0 radical (unpaired) electrons. The van der Waals surface area contributed by atoms with Crippen LogP contribution in [0.5, 0.6) is 5.75 Å². The van der Waals surface area contributed by atoms with E-state index in [-0.39, 0.29) is 23.8 Å². The van der Waals surface area contributed by atoms with Gasteiger partial charge in [-0.2, -0.15) is 29.7 Å². The fourth-order valence-corrected chi connectivity index (χ4v) is 4.26. The number of ether oxygens (including phenoxy) is 1. The maximum absolute atomic E-state index is 12.6. The van der Waals surface area contributed by atoms with Crippen molar-refractivity contribution in [1.82, 2.24) is 10.0 Å². The van der Waals surface area contributed by atoms with Gasteiger partial charge in [0.1, 0.15) is 18.4 Å². The van der Waals surface area contributed by atoms with E-state index < -0.39 is 33.7 Å². The summed E-state index contributed by atoms with van der Waals surface area (Å²) in [6, 6.07) is 11.0. The van der Waals surface area contributed by atoms with E-state index in [2.05, 4.69) is 10.0 Å². The molecule has 0 aliphatic carbocycles. The molecule has 0 spiro atoms. The third kappa shape index (κ3) is 8.08. The second-order valence-electron chi connectivity index (χ2n) is 6.43. The van der Waals surface area contributed by atoms with Crippen molar-refractivity contribution in [2.75, 3.05) is 25.2 Å². The number of halogens is 3. The summed E-state index contributed by atoms with van der Waals surface area (Å²) in [6.07, 6.45) is -2.29. The van der Waals surface area contributed by atoms with Crippen LogP contribution >= 0.6 is 11.8 Å². The predicted molar refractivity (Wildman–Crippen MR) is 113 cm³/mol. The van der Waals surface area contributed by atoms with Gasteiger partial charge >= 0.3 is 6.18 Å². The number of carbonyl (C=O) groups is 1. The Morgan fingerprint density at radius 1 is 1.10 bits per heavy atom. The van der Waals surface area contributed by atoms with E-state index in [1.807, 2.05) is 6.26 Å². The minimum Gasteiger partial charge on any atom is -0.492 e. The molecule has 1 atom stereocenters. The zero-order valence-corrected chi connectivity index (χ0v) is 18.3. The number of thioether (sulfide) groups is 1. The highest BCUT2D eigenvalue weighted by Gasteiger charge is 2.30. The van der Waals surface area contributed by atoms with Gasteiger partial charge < -0.3 is 10.1 Å². The first-order valence-corrected chi connectivity index (χ1v) is 12.2. The smallest absolute Gasteiger partial charge is 0.416 e. The Balaban J connectivity index is 1.89. The standard InChI is InChI=1S/C20H23F3N2O4S2/c1-30-14-11-18(25-31(27,28)17-5-3-2-4-6-17)19(26)24-12-13-29-16-9-7-15(8-10-16)20(21,22)23/h2-10,18,25H,11-14H2,1H3,(H,24,26). The lowest BCUT2D eigenvalue weighted by Gasteiger charge is -2.18. The van der Waals surface area contributed by atoms with E-state index in [1.54, 1.807) is 18.2 Å². The predicted octanol–water partition coefficient (Wildman–Crippen LogP) is 3.30. The first kappa shape index (κ1) is 25.0. The number of carbonyl (C=O) groups excluding carboxylic acids is 1. The highest BCUT2D eigenvalue weighted by Crippen LogP contribution is 2.30. The third-order valence-corrected chi connectivity index (χ3v) is 6.26. The summed E-state index contributed by atoms with van der Waals surface area (Å²) in [5, 5.41) is 2.59. The second-order valence-corrected chi connectivity index (χ2v) is 9.13. The molecule has 6 nitrogen and oxygen atoms in total. The van der Waals surface area contributed by atoms with Crippen LogP contribution in [0.25, 0.3) is 0 Å². The summed E-state index contributed by atoms with van der Waals surface area (Å²) in [4.78, 5) is 12.6. The summed E-state index contributed by atoms with van der Waals surface area (Å²) in [5.41, 5.74) is -0.782. The highest BCUT2D eigenvalue weighted by molar-refractivity contribution is 7.98. The average molecular weight is 477 g/mol. The molecule has 0 bridgehead atoms. The first-order valence-electron chi connectivity index (χ1n) is 9.27. The van der Waals surface area contributed by atoms with Gasteiger partial charge in [0.15, 0.2) is 0 Å². The zero-order chi connectivity index (χ0) is 22.9. The van der Waals surface area contributed by atoms with Crippen LogP contribution in [0.1, 0.15) is 12.0 Å². The number of hydrogen-bond acceptors (Lipinski definition) is 5. The van der Waals surface area contributed by atoms with Gasteiger partial charge in [-0.3, -0.25) is 4.79 Å². The number of alkyl halides is 3. The number of amides is 1. The molecule has 0 aliphatic heterocycles. The molecule has 0 saturated heterocycles. The van der Waals surface area contributed by atoms with Gasteiger partial charge in [0.2, 0.25) is 15.9 Å². The SMILES string of the molecule is CSCCC(NS(=O)(=O)c1ccccc1)C(=O)NCCOc1ccc(C(F)(F)F)cc1. The molecule has 11 heteroatoms. The van der Waals surface area contributed by atoms with Crippen LogP contribution in [0, 0.1) is 0 Å². The lowest BCUT2D eigenvalue weighted by Crippen LogP contribution is -2.47. The van der Waals surface area contributed by atoms with Crippen molar-refractivity contribution in [3.8, 4) is 5.75 Å². The van der Waals surface area contributed by atoms with E-state index in [4.69, 9.17) is 4.74 Å². The van der Waals surface area contributed by atoms with Crippen LogP contribution in [-0.2, 0) is 21.0 Å². The van der Waals surface area contributed by atoms with Crippen molar-refractivity contribution < 1.29 is 31.1 Å². The quantitative estimate of drug-likeness (QED) is 0.486. The van der Waals surface area contributed by atoms with Gasteiger partial charge in [0.05, 0.1) is 17.0 Å². The molecule has 0 fully saturated rings. The summed E-state index contributed by atoms with van der Waals surface area (Å²) in [6.45, 7) is 0.0699. The van der Waals surface area contributed by atoms with Gasteiger partial charge in [0, 0.05) is 0 Å². The lowest BCUT2D eigenvalue weighted by molar-refractivity contribution is -0.137. The third-order valence-electron chi connectivity index (χ3n) is 4.13. The first-order chi connectivity index (χ1) is 14.6. The molecule has 2 aromatic carbocycles. The summed E-state index contributed by atoms with van der Waals surface area (Å²) < 4.78 is 70.5. The van der Waals surface area contributed by atoms with Gasteiger partial charge in [-0.25, -0.2) is 8.42 Å². The van der Waals surface area contributed by atoms with Gasteiger partial charge in [-0.05, 0) is 54.8 Å². The summed E-state index contributed by atoms with van der Waals surface area (Å²) >= 11 is 1.48. The summed E-state index contributed by atoms with van der Waals surface area (Å²) in [5.74, 6) is 0.285. The van der Waals surface area contributed by atoms with Crippen LogP contribution in [0.3, 0.4) is 0 Å². The van der Waals surface area contributed by atoms with E-state index >= 15 is 0 Å². The monoisotopic (exact) mass is 476 g/mol. The molecule has 0 aliphatic rings. The Morgan fingerprint density at radius 2 is 1.74 bits per heavy atom. The molecule has 0 heterocycles. The normalized spacial score (nSPS) is 12.9. The van der Waals surface area contributed by atoms with Crippen LogP contribution in [0.2, 0.25) is 0 Å². The molecule has 2 N–H and O–H groups in total. The molecular formula is C20H23F3N2O4S2. The lowest BCUT2D eigenvalue weighted by atomic mass is 10.2. The molecule has 0 saturated carbocycles. The average Bonchev–Trinajstić information content (AvgIpc) is 2.74. The highest BCUT2D eigenvalue weighted by atomic mass is 32.2. The van der Waals surface area contributed by atoms with Crippen molar-refractivity contribution >= 4 is 27.7 Å². The van der Waals surface area contributed by atoms with Crippen molar-refractivity contribution in [3.63, 3.8) is 0 Å². The number of sulfonamides is 1. The fraction of sp³-hybridized carbons (Fsp3) is 0.350. The zero-order valence-electron chi connectivity index (χ0n) is 16.7. The van der Waals surface area contributed by atoms with Crippen LogP contribution in [0.4, 0.5) is 13.2 Å². The second kappa shape index (κ2) is 11.4. The van der Waals surface area contributed by atoms with Gasteiger partial charge in [-0.1, -0.05) is 18.2 Å². The van der Waals surface area contributed by atoms with Crippen molar-refractivity contribution in [2.24, 2.45) is 0 Å². The minimum atomic E-state index is -4.43. The molecule has 170 valence electrons. The Hall–Kier alpha value is -2.24. The van der Waals surface area contributed by atoms with E-state index in [0.717, 1.165) is 12.1 Å². The van der Waals surface area contributed by atoms with E-state index in [9.17, 15) is 26.4 Å². The Bertz CT molecular complexity index is 937. The van der Waals surface area contributed by atoms with Crippen molar-refractivity contribution in [3.05, 3.63) is 60.2 Å². The molecule has 1 unspecified atom stereocenters.